The summed E-state index contributed by atoms with van der Waals surface area (Å²) in [7, 11) is 0. The van der Waals surface area contributed by atoms with Crippen molar-refractivity contribution in [3.8, 4) is 0 Å². The van der Waals surface area contributed by atoms with Crippen LogP contribution in [0.2, 0.25) is 0 Å². The second-order valence-corrected chi connectivity index (χ2v) is 5.37. The van der Waals surface area contributed by atoms with E-state index in [2.05, 4.69) is 15.6 Å². The molecule has 0 saturated carbocycles. The minimum atomic E-state index is -1.07. The van der Waals surface area contributed by atoms with Crippen LogP contribution in [0.4, 0.5) is 10.8 Å². The van der Waals surface area contributed by atoms with Gasteiger partial charge in [-0.05, 0) is 24.6 Å². The Hall–Kier alpha value is -2.74. The summed E-state index contributed by atoms with van der Waals surface area (Å²) in [6.07, 6.45) is 0. The van der Waals surface area contributed by atoms with Crippen LogP contribution in [0.5, 0.6) is 0 Å². The molecule has 0 fully saturated rings. The van der Waals surface area contributed by atoms with Gasteiger partial charge in [-0.1, -0.05) is 6.07 Å². The van der Waals surface area contributed by atoms with Crippen molar-refractivity contribution in [3.05, 3.63) is 40.4 Å². The Kier molecular flexibility index (Phi) is 4.52. The average molecular weight is 319 g/mol. The van der Waals surface area contributed by atoms with Gasteiger partial charge in [0.15, 0.2) is 5.13 Å². The van der Waals surface area contributed by atoms with E-state index in [0.717, 1.165) is 16.9 Å². The number of nitrogens with one attached hydrogen (secondary N) is 2. The molecule has 0 aliphatic rings. The van der Waals surface area contributed by atoms with Crippen LogP contribution in [0.1, 0.15) is 33.3 Å². The molecule has 1 aromatic carbocycles. The Morgan fingerprint density at radius 1 is 1.23 bits per heavy atom. The lowest BCUT2D eigenvalue weighted by atomic mass is 10.1. The van der Waals surface area contributed by atoms with Crippen LogP contribution in [0.25, 0.3) is 0 Å². The van der Waals surface area contributed by atoms with Gasteiger partial charge in [0, 0.05) is 18.0 Å². The van der Waals surface area contributed by atoms with Crippen LogP contribution in [0.3, 0.4) is 0 Å². The van der Waals surface area contributed by atoms with Crippen molar-refractivity contribution in [2.45, 2.75) is 13.8 Å². The van der Waals surface area contributed by atoms with Gasteiger partial charge in [0.05, 0.1) is 5.56 Å². The fourth-order valence-electron chi connectivity index (χ4n) is 1.66. The highest BCUT2D eigenvalue weighted by Crippen LogP contribution is 2.20. The first-order valence-corrected chi connectivity index (χ1v) is 7.13. The molecule has 22 heavy (non-hydrogen) atoms. The van der Waals surface area contributed by atoms with Crippen molar-refractivity contribution in [2.24, 2.45) is 0 Å². The van der Waals surface area contributed by atoms with Crippen molar-refractivity contribution >= 4 is 39.9 Å². The number of rotatable bonds is 4. The Morgan fingerprint density at radius 2 is 1.95 bits per heavy atom. The number of aromatic carboxylic acids is 1. The topological polar surface area (TPSA) is 108 Å². The van der Waals surface area contributed by atoms with E-state index >= 15 is 0 Å². The molecule has 0 saturated heterocycles. The van der Waals surface area contributed by atoms with Crippen molar-refractivity contribution < 1.29 is 19.5 Å². The Labute approximate surface area is 130 Å². The molecule has 0 unspecified atom stereocenters. The number of carbonyl (C=O) groups is 3. The highest BCUT2D eigenvalue weighted by molar-refractivity contribution is 7.14. The summed E-state index contributed by atoms with van der Waals surface area (Å²) in [5, 5.41) is 15.9. The Bertz CT molecular complexity index is 754. The number of aromatic nitrogens is 1. The lowest BCUT2D eigenvalue weighted by Crippen LogP contribution is -2.14. The second kappa shape index (κ2) is 6.35. The van der Waals surface area contributed by atoms with Crippen LogP contribution in [-0.4, -0.2) is 27.9 Å². The molecule has 1 aromatic heterocycles. The standard InChI is InChI=1S/C14H13N3O4S/c1-7-3-4-9(13(20)21)5-10(7)16-12(19)11-6-22-14(17-11)15-8(2)18/h3-6H,1-2H3,(H,16,19)(H,20,21)(H,15,17,18). The molecule has 8 heteroatoms. The quantitative estimate of drug-likeness (QED) is 0.801. The second-order valence-electron chi connectivity index (χ2n) is 4.51. The maximum atomic E-state index is 12.1. The molecule has 0 spiro atoms. The summed E-state index contributed by atoms with van der Waals surface area (Å²) in [6.45, 7) is 3.10. The third-order valence-electron chi connectivity index (χ3n) is 2.75. The van der Waals surface area contributed by atoms with Gasteiger partial charge in [-0.15, -0.1) is 11.3 Å². The van der Waals surface area contributed by atoms with Crippen LogP contribution < -0.4 is 10.6 Å². The number of amides is 2. The van der Waals surface area contributed by atoms with E-state index in [9.17, 15) is 14.4 Å². The number of carboxylic acids is 1. The summed E-state index contributed by atoms with van der Waals surface area (Å²) in [4.78, 5) is 38.0. The molecule has 0 aliphatic heterocycles. The molecule has 0 atom stereocenters. The highest BCUT2D eigenvalue weighted by Gasteiger charge is 2.14. The summed E-state index contributed by atoms with van der Waals surface area (Å²) in [6, 6.07) is 4.46. The zero-order valence-electron chi connectivity index (χ0n) is 11.8. The lowest BCUT2D eigenvalue weighted by molar-refractivity contribution is -0.114. The molecule has 2 rings (SSSR count). The van der Waals surface area contributed by atoms with E-state index in [1.807, 2.05) is 0 Å². The number of carbonyl (C=O) groups excluding carboxylic acids is 2. The number of nitrogens with zero attached hydrogens (tertiary/aromatic N) is 1. The number of hydrogen-bond donors (Lipinski definition) is 3. The summed E-state index contributed by atoms with van der Waals surface area (Å²) in [5.41, 5.74) is 1.36. The number of thiazole rings is 1. The molecule has 2 aromatic rings. The van der Waals surface area contributed by atoms with Gasteiger partial charge in [0.25, 0.3) is 5.91 Å². The summed E-state index contributed by atoms with van der Waals surface area (Å²) >= 11 is 1.13. The summed E-state index contributed by atoms with van der Waals surface area (Å²) < 4.78 is 0. The van der Waals surface area contributed by atoms with Gasteiger partial charge < -0.3 is 15.7 Å². The molecular weight excluding hydrogens is 306 g/mol. The maximum Gasteiger partial charge on any atom is 0.335 e. The molecular formula is C14H13N3O4S. The number of hydrogen-bond acceptors (Lipinski definition) is 5. The van der Waals surface area contributed by atoms with E-state index in [1.165, 1.54) is 24.4 Å². The van der Waals surface area contributed by atoms with Gasteiger partial charge >= 0.3 is 5.97 Å². The zero-order valence-corrected chi connectivity index (χ0v) is 12.7. The molecule has 3 N–H and O–H groups in total. The van der Waals surface area contributed by atoms with E-state index < -0.39 is 11.9 Å². The Morgan fingerprint density at radius 3 is 2.59 bits per heavy atom. The molecule has 114 valence electrons. The zero-order chi connectivity index (χ0) is 16.3. The van der Waals surface area contributed by atoms with Gasteiger partial charge in [-0.25, -0.2) is 9.78 Å². The highest BCUT2D eigenvalue weighted by atomic mass is 32.1. The monoisotopic (exact) mass is 319 g/mol. The molecule has 1 heterocycles. The first-order chi connectivity index (χ1) is 10.4. The fourth-order valence-corrected chi connectivity index (χ4v) is 2.40. The smallest absolute Gasteiger partial charge is 0.335 e. The SMILES string of the molecule is CC(=O)Nc1nc(C(=O)Nc2cc(C(=O)O)ccc2C)cs1. The fraction of sp³-hybridized carbons (Fsp3) is 0.143. The van der Waals surface area contributed by atoms with Crippen molar-refractivity contribution in [3.63, 3.8) is 0 Å². The number of aryl methyl sites for hydroxylation is 1. The predicted octanol–water partition coefficient (Wildman–Crippen LogP) is 2.36. The van der Waals surface area contributed by atoms with E-state index in [1.54, 1.807) is 13.0 Å². The molecule has 2 amide bonds. The van der Waals surface area contributed by atoms with Crippen molar-refractivity contribution in [1.29, 1.82) is 0 Å². The van der Waals surface area contributed by atoms with Gasteiger partial charge in [-0.2, -0.15) is 0 Å². The molecule has 0 bridgehead atoms. The third-order valence-corrected chi connectivity index (χ3v) is 3.51. The minimum absolute atomic E-state index is 0.0816. The van der Waals surface area contributed by atoms with Crippen LogP contribution in [-0.2, 0) is 4.79 Å². The summed E-state index contributed by atoms with van der Waals surface area (Å²) in [5.74, 6) is -1.82. The van der Waals surface area contributed by atoms with Crippen molar-refractivity contribution in [1.82, 2.24) is 4.98 Å². The van der Waals surface area contributed by atoms with Crippen LogP contribution in [0.15, 0.2) is 23.6 Å². The number of benzene rings is 1. The van der Waals surface area contributed by atoms with E-state index in [-0.39, 0.29) is 17.2 Å². The van der Waals surface area contributed by atoms with Crippen LogP contribution in [0, 0.1) is 6.92 Å². The van der Waals surface area contributed by atoms with E-state index in [0.29, 0.717) is 10.8 Å². The third kappa shape index (κ3) is 3.67. The van der Waals surface area contributed by atoms with Crippen LogP contribution >= 0.6 is 11.3 Å². The first-order valence-electron chi connectivity index (χ1n) is 6.25. The normalized spacial score (nSPS) is 10.1. The maximum absolute atomic E-state index is 12.1. The van der Waals surface area contributed by atoms with Gasteiger partial charge in [-0.3, -0.25) is 9.59 Å². The van der Waals surface area contributed by atoms with Gasteiger partial charge in [0.2, 0.25) is 5.91 Å². The first kappa shape index (κ1) is 15.6. The number of carboxylic acid groups (broad SMARTS) is 1. The largest absolute Gasteiger partial charge is 0.478 e. The van der Waals surface area contributed by atoms with E-state index in [4.69, 9.17) is 5.11 Å². The average Bonchev–Trinajstić information content (AvgIpc) is 2.88. The van der Waals surface area contributed by atoms with Crippen molar-refractivity contribution in [2.75, 3.05) is 10.6 Å². The van der Waals surface area contributed by atoms with Gasteiger partial charge in [0.1, 0.15) is 5.69 Å². The lowest BCUT2D eigenvalue weighted by Gasteiger charge is -2.08. The minimum Gasteiger partial charge on any atom is -0.478 e. The number of anilines is 2. The molecule has 0 aliphatic carbocycles. The Balaban J connectivity index is 2.18. The molecule has 0 radical (unpaired) electrons. The molecule has 7 nitrogen and oxygen atoms in total. The predicted molar refractivity (Wildman–Crippen MR) is 82.5 cm³/mol.